The lowest BCUT2D eigenvalue weighted by Crippen LogP contribution is -2.26. The number of carbonyl (C=O) groups excluding carboxylic acids is 1. The third-order valence-corrected chi connectivity index (χ3v) is 2.70. The van der Waals surface area contributed by atoms with E-state index in [9.17, 15) is 9.18 Å². The van der Waals surface area contributed by atoms with Gasteiger partial charge in [0.1, 0.15) is 18.0 Å². The Morgan fingerprint density at radius 3 is 2.95 bits per heavy atom. The third-order valence-electron chi connectivity index (χ3n) is 2.70. The molecule has 6 nitrogen and oxygen atoms in total. The Labute approximate surface area is 109 Å². The fourth-order valence-corrected chi connectivity index (χ4v) is 1.61. The van der Waals surface area contributed by atoms with Gasteiger partial charge < -0.3 is 15.6 Å². The zero-order valence-corrected chi connectivity index (χ0v) is 10.4. The smallest absolute Gasteiger partial charge is 0.251 e. The Morgan fingerprint density at radius 1 is 1.53 bits per heavy atom. The quantitative estimate of drug-likeness (QED) is 0.787. The van der Waals surface area contributed by atoms with Gasteiger partial charge in [-0.3, -0.25) is 4.79 Å². The van der Waals surface area contributed by atoms with E-state index in [4.69, 9.17) is 5.73 Å². The van der Waals surface area contributed by atoms with Crippen LogP contribution in [-0.2, 0) is 13.5 Å². The predicted molar refractivity (Wildman–Crippen MR) is 67.9 cm³/mol. The number of aromatic nitrogens is 3. The molecule has 0 fully saturated rings. The van der Waals surface area contributed by atoms with E-state index in [2.05, 4.69) is 15.5 Å². The van der Waals surface area contributed by atoms with Crippen LogP contribution in [0.1, 0.15) is 16.2 Å². The highest BCUT2D eigenvalue weighted by Crippen LogP contribution is 2.11. The van der Waals surface area contributed by atoms with Crippen molar-refractivity contribution in [2.75, 3.05) is 12.3 Å². The number of amides is 1. The first kappa shape index (κ1) is 13.0. The lowest BCUT2D eigenvalue weighted by molar-refractivity contribution is 0.0954. The molecule has 100 valence electrons. The van der Waals surface area contributed by atoms with Crippen LogP contribution in [0, 0.1) is 5.82 Å². The second-order valence-electron chi connectivity index (χ2n) is 4.10. The summed E-state index contributed by atoms with van der Waals surface area (Å²) in [6.07, 6.45) is 2.16. The van der Waals surface area contributed by atoms with Gasteiger partial charge in [-0.15, -0.1) is 10.2 Å². The van der Waals surface area contributed by atoms with Gasteiger partial charge in [0.2, 0.25) is 0 Å². The van der Waals surface area contributed by atoms with Gasteiger partial charge in [-0.25, -0.2) is 4.39 Å². The predicted octanol–water partition coefficient (Wildman–Crippen LogP) is 0.509. The monoisotopic (exact) mass is 263 g/mol. The van der Waals surface area contributed by atoms with E-state index in [-0.39, 0.29) is 11.6 Å². The van der Waals surface area contributed by atoms with E-state index in [0.717, 1.165) is 5.82 Å². The first-order valence-corrected chi connectivity index (χ1v) is 5.74. The molecule has 0 atom stereocenters. The van der Waals surface area contributed by atoms with Crippen molar-refractivity contribution in [1.29, 1.82) is 0 Å². The minimum absolute atomic E-state index is 0.0408. The minimum atomic E-state index is -0.532. The van der Waals surface area contributed by atoms with Gasteiger partial charge in [0, 0.05) is 25.6 Å². The van der Waals surface area contributed by atoms with E-state index in [1.165, 1.54) is 18.2 Å². The van der Waals surface area contributed by atoms with Crippen LogP contribution in [-0.4, -0.2) is 27.2 Å². The number of rotatable bonds is 4. The maximum atomic E-state index is 13.0. The molecule has 7 heteroatoms. The summed E-state index contributed by atoms with van der Waals surface area (Å²) in [5, 5.41) is 10.4. The van der Waals surface area contributed by atoms with Gasteiger partial charge in [0.05, 0.1) is 5.69 Å². The molecule has 0 spiro atoms. The van der Waals surface area contributed by atoms with Gasteiger partial charge in [-0.2, -0.15) is 0 Å². The van der Waals surface area contributed by atoms with Crippen molar-refractivity contribution in [2.24, 2.45) is 7.05 Å². The number of carbonyl (C=O) groups is 1. The topological polar surface area (TPSA) is 85.8 Å². The van der Waals surface area contributed by atoms with E-state index >= 15 is 0 Å². The van der Waals surface area contributed by atoms with Crippen LogP contribution in [0.3, 0.4) is 0 Å². The van der Waals surface area contributed by atoms with Gasteiger partial charge in [0.25, 0.3) is 5.91 Å². The van der Waals surface area contributed by atoms with Crippen molar-refractivity contribution in [3.05, 3.63) is 41.7 Å². The average molecular weight is 263 g/mol. The summed E-state index contributed by atoms with van der Waals surface area (Å²) in [4.78, 5) is 11.8. The number of nitrogens with zero attached hydrogens (tertiary/aromatic N) is 3. The number of nitrogens with one attached hydrogen (secondary N) is 1. The molecule has 0 saturated carbocycles. The van der Waals surface area contributed by atoms with E-state index in [1.807, 2.05) is 7.05 Å². The number of benzene rings is 1. The van der Waals surface area contributed by atoms with Crippen LogP contribution < -0.4 is 11.1 Å². The van der Waals surface area contributed by atoms with Gasteiger partial charge in [0.15, 0.2) is 0 Å². The first-order chi connectivity index (χ1) is 9.08. The molecule has 0 aliphatic rings. The summed E-state index contributed by atoms with van der Waals surface area (Å²) in [6, 6.07) is 3.88. The normalized spacial score (nSPS) is 10.4. The number of anilines is 1. The van der Waals surface area contributed by atoms with Crippen LogP contribution in [0.15, 0.2) is 24.5 Å². The first-order valence-electron chi connectivity index (χ1n) is 5.74. The molecule has 0 aliphatic heterocycles. The zero-order chi connectivity index (χ0) is 13.8. The Hall–Kier alpha value is -2.44. The van der Waals surface area contributed by atoms with Crippen molar-refractivity contribution < 1.29 is 9.18 Å². The Balaban J connectivity index is 1.91. The molecular formula is C12H14FN5O. The van der Waals surface area contributed by atoms with Crippen molar-refractivity contribution in [1.82, 2.24) is 20.1 Å². The summed E-state index contributed by atoms with van der Waals surface area (Å²) in [5.41, 5.74) is 5.70. The second-order valence-corrected chi connectivity index (χ2v) is 4.10. The van der Waals surface area contributed by atoms with Crippen LogP contribution in [0.5, 0.6) is 0 Å². The highest BCUT2D eigenvalue weighted by molar-refractivity contribution is 5.95. The molecule has 2 aromatic rings. The van der Waals surface area contributed by atoms with E-state index in [0.29, 0.717) is 18.5 Å². The molecule has 1 heterocycles. The molecule has 0 radical (unpaired) electrons. The van der Waals surface area contributed by atoms with Crippen molar-refractivity contribution in [3.8, 4) is 0 Å². The lowest BCUT2D eigenvalue weighted by Gasteiger charge is -2.06. The largest absolute Gasteiger partial charge is 0.396 e. The number of nitrogens with two attached hydrogens (primary N) is 1. The summed E-state index contributed by atoms with van der Waals surface area (Å²) in [7, 11) is 1.83. The fourth-order valence-electron chi connectivity index (χ4n) is 1.61. The molecule has 1 aromatic heterocycles. The summed E-state index contributed by atoms with van der Waals surface area (Å²) < 4.78 is 14.7. The highest BCUT2D eigenvalue weighted by Gasteiger charge is 2.08. The van der Waals surface area contributed by atoms with E-state index < -0.39 is 5.82 Å². The molecular weight excluding hydrogens is 249 g/mol. The molecule has 1 amide bonds. The van der Waals surface area contributed by atoms with Crippen LogP contribution in [0.2, 0.25) is 0 Å². The van der Waals surface area contributed by atoms with Crippen LogP contribution >= 0.6 is 0 Å². The molecule has 0 unspecified atom stereocenters. The Kier molecular flexibility index (Phi) is 3.74. The summed E-state index contributed by atoms with van der Waals surface area (Å²) in [6.45, 7) is 0.419. The number of hydrogen-bond donors (Lipinski definition) is 2. The Morgan fingerprint density at radius 2 is 2.32 bits per heavy atom. The molecule has 1 aromatic carbocycles. The average Bonchev–Trinajstić information content (AvgIpc) is 2.78. The fraction of sp³-hybridized carbons (Fsp3) is 0.250. The molecule has 3 N–H and O–H groups in total. The van der Waals surface area contributed by atoms with Crippen LogP contribution in [0.4, 0.5) is 10.1 Å². The van der Waals surface area contributed by atoms with Crippen LogP contribution in [0.25, 0.3) is 0 Å². The number of hydrogen-bond acceptors (Lipinski definition) is 4. The number of aryl methyl sites for hydroxylation is 1. The number of nitrogen functional groups attached to an aromatic ring is 1. The van der Waals surface area contributed by atoms with Crippen molar-refractivity contribution in [3.63, 3.8) is 0 Å². The molecule has 2 rings (SSSR count). The molecule has 0 bridgehead atoms. The molecule has 0 saturated heterocycles. The van der Waals surface area contributed by atoms with Gasteiger partial charge in [-0.1, -0.05) is 0 Å². The Bertz CT molecular complexity index is 596. The van der Waals surface area contributed by atoms with Gasteiger partial charge in [-0.05, 0) is 18.2 Å². The zero-order valence-electron chi connectivity index (χ0n) is 10.4. The molecule has 19 heavy (non-hydrogen) atoms. The second kappa shape index (κ2) is 5.47. The lowest BCUT2D eigenvalue weighted by atomic mass is 10.2. The summed E-state index contributed by atoms with van der Waals surface area (Å²) in [5.74, 6) is -0.0524. The number of halogens is 1. The highest BCUT2D eigenvalue weighted by atomic mass is 19.1. The summed E-state index contributed by atoms with van der Waals surface area (Å²) >= 11 is 0. The standard InChI is InChI=1S/C12H14FN5O/c1-18-7-16-17-11(18)4-5-15-12(19)8-2-3-9(13)10(14)6-8/h2-3,6-7H,4-5,14H2,1H3,(H,15,19). The minimum Gasteiger partial charge on any atom is -0.396 e. The van der Waals surface area contributed by atoms with Crippen molar-refractivity contribution in [2.45, 2.75) is 6.42 Å². The SMILES string of the molecule is Cn1cnnc1CCNC(=O)c1ccc(F)c(N)c1. The maximum Gasteiger partial charge on any atom is 0.251 e. The third kappa shape index (κ3) is 3.06. The van der Waals surface area contributed by atoms with Crippen molar-refractivity contribution >= 4 is 11.6 Å². The molecule has 0 aliphatic carbocycles. The maximum absolute atomic E-state index is 13.0. The van der Waals surface area contributed by atoms with E-state index in [1.54, 1.807) is 10.9 Å². The van der Waals surface area contributed by atoms with Gasteiger partial charge >= 0.3 is 0 Å².